The summed E-state index contributed by atoms with van der Waals surface area (Å²) in [5.74, 6) is 1.69. The molecule has 158 valence electrons. The van der Waals surface area contributed by atoms with Gasteiger partial charge < -0.3 is 5.32 Å². The molecule has 1 N–H and O–H groups in total. The summed E-state index contributed by atoms with van der Waals surface area (Å²) < 4.78 is 25.4. The second-order valence-electron chi connectivity index (χ2n) is 6.74. The SMILES string of the molecule is Cc1ccccc1CSCCNC(=O)CCCN(c1ccc(Cl)cc1)S(C)(=O)=O. The normalized spacial score (nSPS) is 11.3. The average molecular weight is 455 g/mol. The van der Waals surface area contributed by atoms with E-state index in [-0.39, 0.29) is 18.9 Å². The number of thioether (sulfide) groups is 1. The predicted molar refractivity (Wildman–Crippen MR) is 123 cm³/mol. The number of carbonyl (C=O) groups is 1. The first-order valence-electron chi connectivity index (χ1n) is 9.39. The third kappa shape index (κ3) is 8.28. The van der Waals surface area contributed by atoms with Gasteiger partial charge in [0.1, 0.15) is 0 Å². The summed E-state index contributed by atoms with van der Waals surface area (Å²) in [6, 6.07) is 14.9. The molecule has 0 aliphatic rings. The van der Waals surface area contributed by atoms with E-state index in [1.807, 2.05) is 12.1 Å². The number of hydrogen-bond acceptors (Lipinski definition) is 4. The molecular weight excluding hydrogens is 428 g/mol. The Hall–Kier alpha value is -1.70. The minimum atomic E-state index is -3.43. The van der Waals surface area contributed by atoms with Crippen LogP contribution in [-0.2, 0) is 20.6 Å². The maximum Gasteiger partial charge on any atom is 0.232 e. The first-order valence-corrected chi connectivity index (χ1v) is 12.8. The fourth-order valence-corrected chi connectivity index (χ4v) is 4.81. The Morgan fingerprint density at radius 2 is 1.83 bits per heavy atom. The Balaban J connectivity index is 1.69. The summed E-state index contributed by atoms with van der Waals surface area (Å²) >= 11 is 7.65. The second kappa shape index (κ2) is 11.5. The Kier molecular flexibility index (Phi) is 9.33. The Bertz CT molecular complexity index is 902. The van der Waals surface area contributed by atoms with Crippen LogP contribution in [0.25, 0.3) is 0 Å². The molecule has 0 unspecified atom stereocenters. The van der Waals surface area contributed by atoms with Gasteiger partial charge in [0.15, 0.2) is 0 Å². The lowest BCUT2D eigenvalue weighted by atomic mass is 10.1. The van der Waals surface area contributed by atoms with E-state index >= 15 is 0 Å². The van der Waals surface area contributed by atoms with E-state index in [2.05, 4.69) is 24.4 Å². The van der Waals surface area contributed by atoms with Crippen LogP contribution in [0, 0.1) is 6.92 Å². The molecule has 2 aromatic rings. The van der Waals surface area contributed by atoms with Crippen LogP contribution in [0.15, 0.2) is 48.5 Å². The van der Waals surface area contributed by atoms with Crippen molar-refractivity contribution in [3.8, 4) is 0 Å². The average Bonchev–Trinajstić information content (AvgIpc) is 2.66. The van der Waals surface area contributed by atoms with E-state index in [0.29, 0.717) is 23.7 Å². The van der Waals surface area contributed by atoms with Crippen molar-refractivity contribution in [3.05, 3.63) is 64.7 Å². The number of hydrogen-bond donors (Lipinski definition) is 1. The smallest absolute Gasteiger partial charge is 0.232 e. The van der Waals surface area contributed by atoms with Crippen molar-refractivity contribution in [1.29, 1.82) is 0 Å². The molecule has 0 saturated carbocycles. The monoisotopic (exact) mass is 454 g/mol. The molecule has 0 radical (unpaired) electrons. The van der Waals surface area contributed by atoms with Crippen molar-refractivity contribution in [2.24, 2.45) is 0 Å². The molecule has 0 fully saturated rings. The summed E-state index contributed by atoms with van der Waals surface area (Å²) in [5.41, 5.74) is 3.14. The highest BCUT2D eigenvalue weighted by Gasteiger charge is 2.17. The molecule has 0 aliphatic heterocycles. The summed E-state index contributed by atoms with van der Waals surface area (Å²) in [7, 11) is -3.43. The van der Waals surface area contributed by atoms with Crippen molar-refractivity contribution < 1.29 is 13.2 Å². The molecule has 0 heterocycles. The molecule has 0 atom stereocenters. The van der Waals surface area contributed by atoms with Gasteiger partial charge in [-0.3, -0.25) is 9.10 Å². The highest BCUT2D eigenvalue weighted by Crippen LogP contribution is 2.21. The standard InChI is InChI=1S/C21H27ClN2O3S2/c1-17-6-3-4-7-18(17)16-28-15-13-23-21(25)8-5-14-24(29(2,26)27)20-11-9-19(22)10-12-20/h3-4,6-7,9-12H,5,8,13-16H2,1-2H3,(H,23,25). The summed E-state index contributed by atoms with van der Waals surface area (Å²) in [4.78, 5) is 12.0. The van der Waals surface area contributed by atoms with E-state index in [4.69, 9.17) is 11.6 Å². The molecule has 2 aromatic carbocycles. The maximum atomic E-state index is 12.1. The van der Waals surface area contributed by atoms with Gasteiger partial charge in [-0.2, -0.15) is 11.8 Å². The van der Waals surface area contributed by atoms with Crippen molar-refractivity contribution >= 4 is 45.0 Å². The molecule has 1 amide bonds. The van der Waals surface area contributed by atoms with Crippen LogP contribution < -0.4 is 9.62 Å². The van der Waals surface area contributed by atoms with Crippen LogP contribution in [0.4, 0.5) is 5.69 Å². The van der Waals surface area contributed by atoms with Crippen LogP contribution in [0.5, 0.6) is 0 Å². The van der Waals surface area contributed by atoms with Crippen LogP contribution in [0.2, 0.25) is 5.02 Å². The highest BCUT2D eigenvalue weighted by molar-refractivity contribution is 7.98. The minimum absolute atomic E-state index is 0.0638. The van der Waals surface area contributed by atoms with Gasteiger partial charge in [0, 0.05) is 36.0 Å². The van der Waals surface area contributed by atoms with Gasteiger partial charge in [-0.15, -0.1) is 0 Å². The lowest BCUT2D eigenvalue weighted by Crippen LogP contribution is -2.32. The molecule has 2 rings (SSSR count). The highest BCUT2D eigenvalue weighted by atomic mass is 35.5. The van der Waals surface area contributed by atoms with Gasteiger partial charge in [-0.05, 0) is 48.7 Å². The number of carbonyl (C=O) groups excluding carboxylic acids is 1. The number of rotatable bonds is 11. The number of anilines is 1. The van der Waals surface area contributed by atoms with Gasteiger partial charge in [0.2, 0.25) is 15.9 Å². The number of nitrogens with one attached hydrogen (secondary N) is 1. The number of nitrogens with zero attached hydrogens (tertiary/aromatic N) is 1. The third-order valence-electron chi connectivity index (χ3n) is 4.37. The van der Waals surface area contributed by atoms with Gasteiger partial charge in [0.05, 0.1) is 11.9 Å². The zero-order chi connectivity index (χ0) is 21.3. The summed E-state index contributed by atoms with van der Waals surface area (Å²) in [5, 5.41) is 3.44. The van der Waals surface area contributed by atoms with Crippen LogP contribution in [0.1, 0.15) is 24.0 Å². The molecule has 0 aliphatic carbocycles. The van der Waals surface area contributed by atoms with E-state index in [0.717, 1.165) is 17.8 Å². The lowest BCUT2D eigenvalue weighted by Gasteiger charge is -2.22. The molecule has 0 bridgehead atoms. The fourth-order valence-electron chi connectivity index (χ4n) is 2.78. The van der Waals surface area contributed by atoms with E-state index in [1.54, 1.807) is 36.0 Å². The first-order chi connectivity index (χ1) is 13.8. The van der Waals surface area contributed by atoms with E-state index in [1.165, 1.54) is 15.4 Å². The quantitative estimate of drug-likeness (QED) is 0.515. The zero-order valence-electron chi connectivity index (χ0n) is 16.7. The van der Waals surface area contributed by atoms with Crippen molar-refractivity contribution in [1.82, 2.24) is 5.32 Å². The largest absolute Gasteiger partial charge is 0.355 e. The van der Waals surface area contributed by atoms with Gasteiger partial charge in [0.25, 0.3) is 0 Å². The van der Waals surface area contributed by atoms with Crippen molar-refractivity contribution in [3.63, 3.8) is 0 Å². The van der Waals surface area contributed by atoms with Gasteiger partial charge >= 0.3 is 0 Å². The lowest BCUT2D eigenvalue weighted by molar-refractivity contribution is -0.121. The van der Waals surface area contributed by atoms with Gasteiger partial charge in [-0.25, -0.2) is 8.42 Å². The molecule has 0 spiro atoms. The Morgan fingerprint density at radius 3 is 2.48 bits per heavy atom. The number of halogens is 1. The van der Waals surface area contributed by atoms with E-state index < -0.39 is 10.0 Å². The fraction of sp³-hybridized carbons (Fsp3) is 0.381. The van der Waals surface area contributed by atoms with Crippen molar-refractivity contribution in [2.45, 2.75) is 25.5 Å². The minimum Gasteiger partial charge on any atom is -0.355 e. The van der Waals surface area contributed by atoms with Crippen LogP contribution >= 0.6 is 23.4 Å². The Morgan fingerprint density at radius 1 is 1.14 bits per heavy atom. The number of aryl methyl sites for hydroxylation is 1. The second-order valence-corrected chi connectivity index (χ2v) is 10.2. The molecule has 5 nitrogen and oxygen atoms in total. The molecule has 0 aromatic heterocycles. The number of sulfonamides is 1. The summed E-state index contributed by atoms with van der Waals surface area (Å²) in [6.45, 7) is 2.94. The number of amides is 1. The molecular formula is C21H27ClN2O3S2. The zero-order valence-corrected chi connectivity index (χ0v) is 19.1. The van der Waals surface area contributed by atoms with E-state index in [9.17, 15) is 13.2 Å². The molecule has 29 heavy (non-hydrogen) atoms. The molecule has 0 saturated heterocycles. The Labute approximate surface area is 182 Å². The van der Waals surface area contributed by atoms with Crippen LogP contribution in [0.3, 0.4) is 0 Å². The summed E-state index contributed by atoms with van der Waals surface area (Å²) in [6.07, 6.45) is 1.88. The topological polar surface area (TPSA) is 66.5 Å². The maximum absolute atomic E-state index is 12.1. The number of benzene rings is 2. The first kappa shape index (κ1) is 23.6. The van der Waals surface area contributed by atoms with Gasteiger partial charge in [-0.1, -0.05) is 35.9 Å². The van der Waals surface area contributed by atoms with Crippen LogP contribution in [-0.4, -0.2) is 39.4 Å². The predicted octanol–water partition coefficient (Wildman–Crippen LogP) is 4.24. The van der Waals surface area contributed by atoms with Crippen molar-refractivity contribution in [2.75, 3.05) is 29.4 Å². The molecule has 8 heteroatoms. The third-order valence-corrected chi connectivity index (χ3v) is 6.82.